The van der Waals surface area contributed by atoms with Gasteiger partial charge in [0, 0.05) is 11.1 Å². The van der Waals surface area contributed by atoms with Crippen molar-refractivity contribution in [3.05, 3.63) is 76.0 Å². The topological polar surface area (TPSA) is 46.9 Å². The fourth-order valence-corrected chi connectivity index (χ4v) is 3.19. The summed E-state index contributed by atoms with van der Waals surface area (Å²) in [5.41, 5.74) is -0.391. The molecule has 3 aromatic rings. The van der Waals surface area contributed by atoms with Gasteiger partial charge in [-0.25, -0.2) is 4.39 Å². The predicted molar refractivity (Wildman–Crippen MR) is 87.9 cm³/mol. The van der Waals surface area contributed by atoms with Gasteiger partial charge < -0.3 is 5.32 Å². The van der Waals surface area contributed by atoms with Gasteiger partial charge in [-0.15, -0.1) is 11.3 Å². The van der Waals surface area contributed by atoms with E-state index in [0.717, 1.165) is 21.8 Å². The van der Waals surface area contributed by atoms with E-state index in [0.29, 0.717) is 5.56 Å². The molecule has 0 bridgehead atoms. The Labute approximate surface area is 150 Å². The molecule has 2 heterocycles. The van der Waals surface area contributed by atoms with Crippen LogP contribution in [0, 0.1) is 5.82 Å². The highest BCUT2D eigenvalue weighted by Gasteiger charge is 2.33. The molecule has 0 spiro atoms. The standard InChI is InChI=1S/C17H13F4N3OS/c18-12-5-3-11(4-6-12)16(13-2-1-9-26-13)22-15(25)10-24-8-7-14(23-24)17(19,20)21/h1-9,16H,10H2,(H,22,25). The van der Waals surface area contributed by atoms with Crippen molar-refractivity contribution in [3.8, 4) is 0 Å². The molecular weight excluding hydrogens is 370 g/mol. The molecule has 0 aliphatic heterocycles. The van der Waals surface area contributed by atoms with Gasteiger partial charge in [-0.1, -0.05) is 18.2 Å². The molecule has 9 heteroatoms. The molecule has 3 rings (SSSR count). The van der Waals surface area contributed by atoms with Gasteiger partial charge in [-0.3, -0.25) is 9.48 Å². The maximum Gasteiger partial charge on any atom is 0.435 e. The lowest BCUT2D eigenvalue weighted by Crippen LogP contribution is -2.32. The fourth-order valence-electron chi connectivity index (χ4n) is 2.38. The molecule has 1 unspecified atom stereocenters. The van der Waals surface area contributed by atoms with Crippen molar-refractivity contribution >= 4 is 17.2 Å². The zero-order valence-electron chi connectivity index (χ0n) is 13.2. The summed E-state index contributed by atoms with van der Waals surface area (Å²) in [5, 5.41) is 7.95. The van der Waals surface area contributed by atoms with Crippen LogP contribution in [0.1, 0.15) is 22.2 Å². The van der Waals surface area contributed by atoms with Crippen molar-refractivity contribution in [1.29, 1.82) is 0 Å². The molecule has 1 aromatic carbocycles. The van der Waals surface area contributed by atoms with Gasteiger partial charge in [0.1, 0.15) is 12.4 Å². The van der Waals surface area contributed by atoms with E-state index in [9.17, 15) is 22.4 Å². The van der Waals surface area contributed by atoms with E-state index in [-0.39, 0.29) is 6.54 Å². The number of nitrogens with one attached hydrogen (secondary N) is 1. The van der Waals surface area contributed by atoms with Gasteiger partial charge in [0.25, 0.3) is 0 Å². The summed E-state index contributed by atoms with van der Waals surface area (Å²) >= 11 is 1.41. The van der Waals surface area contributed by atoms with E-state index >= 15 is 0 Å². The lowest BCUT2D eigenvalue weighted by Gasteiger charge is -2.18. The van der Waals surface area contributed by atoms with Crippen molar-refractivity contribution in [1.82, 2.24) is 15.1 Å². The molecule has 0 saturated heterocycles. The lowest BCUT2D eigenvalue weighted by atomic mass is 10.1. The number of alkyl halides is 3. The summed E-state index contributed by atoms with van der Waals surface area (Å²) in [6.07, 6.45) is -3.46. The number of carbonyl (C=O) groups is 1. The highest BCUT2D eigenvalue weighted by molar-refractivity contribution is 7.10. The molecule has 0 radical (unpaired) electrons. The Hall–Kier alpha value is -2.68. The number of benzene rings is 1. The minimum absolute atomic E-state index is 0.362. The van der Waals surface area contributed by atoms with Crippen LogP contribution in [0.4, 0.5) is 17.6 Å². The number of hydrogen-bond donors (Lipinski definition) is 1. The van der Waals surface area contributed by atoms with Gasteiger partial charge in [0.15, 0.2) is 5.69 Å². The van der Waals surface area contributed by atoms with E-state index < -0.39 is 29.6 Å². The van der Waals surface area contributed by atoms with Crippen molar-refractivity contribution < 1.29 is 22.4 Å². The molecule has 1 amide bonds. The fraction of sp³-hybridized carbons (Fsp3) is 0.176. The second-order valence-corrected chi connectivity index (χ2v) is 6.44. The molecule has 1 atom stereocenters. The smallest absolute Gasteiger partial charge is 0.343 e. The third-order valence-corrected chi connectivity index (χ3v) is 4.51. The van der Waals surface area contributed by atoms with Gasteiger partial charge in [0.2, 0.25) is 5.91 Å². The predicted octanol–water partition coefficient (Wildman–Crippen LogP) is 4.01. The first-order chi connectivity index (χ1) is 12.3. The van der Waals surface area contributed by atoms with E-state index in [4.69, 9.17) is 0 Å². The van der Waals surface area contributed by atoms with Crippen LogP contribution in [-0.4, -0.2) is 15.7 Å². The Morgan fingerprint density at radius 2 is 1.92 bits per heavy atom. The number of nitrogens with zero attached hydrogens (tertiary/aromatic N) is 2. The molecule has 136 valence electrons. The van der Waals surface area contributed by atoms with Crippen LogP contribution in [0.15, 0.2) is 54.0 Å². The first-order valence-corrected chi connectivity index (χ1v) is 8.40. The molecule has 1 N–H and O–H groups in total. The zero-order chi connectivity index (χ0) is 18.7. The number of carbonyl (C=O) groups excluding carboxylic acids is 1. The maximum absolute atomic E-state index is 13.2. The van der Waals surface area contributed by atoms with E-state index in [1.54, 1.807) is 12.1 Å². The van der Waals surface area contributed by atoms with Crippen LogP contribution in [0.5, 0.6) is 0 Å². The Bertz CT molecular complexity index is 872. The SMILES string of the molecule is O=C(Cn1ccc(C(F)(F)F)n1)NC(c1ccc(F)cc1)c1cccs1. The Morgan fingerprint density at radius 1 is 1.19 bits per heavy atom. The van der Waals surface area contributed by atoms with Crippen molar-refractivity contribution in [2.24, 2.45) is 0 Å². The number of amides is 1. The van der Waals surface area contributed by atoms with Crippen molar-refractivity contribution in [2.45, 2.75) is 18.8 Å². The number of thiophene rings is 1. The van der Waals surface area contributed by atoms with E-state index in [1.165, 1.54) is 23.5 Å². The summed E-state index contributed by atoms with van der Waals surface area (Å²) in [6.45, 7) is -0.362. The van der Waals surface area contributed by atoms with Crippen LogP contribution >= 0.6 is 11.3 Å². The molecule has 0 aliphatic carbocycles. The minimum atomic E-state index is -4.56. The number of aromatic nitrogens is 2. The summed E-state index contributed by atoms with van der Waals surface area (Å²) in [7, 11) is 0. The third-order valence-electron chi connectivity index (χ3n) is 3.57. The van der Waals surface area contributed by atoms with E-state index in [2.05, 4.69) is 10.4 Å². The molecule has 0 fully saturated rings. The molecule has 2 aromatic heterocycles. The Kier molecular flexibility index (Phi) is 5.08. The van der Waals surface area contributed by atoms with Crippen molar-refractivity contribution in [3.63, 3.8) is 0 Å². The van der Waals surface area contributed by atoms with E-state index in [1.807, 2.05) is 17.5 Å². The molecular formula is C17H13F4N3OS. The highest BCUT2D eigenvalue weighted by atomic mass is 32.1. The quantitative estimate of drug-likeness (QED) is 0.677. The normalized spacial score (nSPS) is 12.8. The third kappa shape index (κ3) is 4.29. The second-order valence-electron chi connectivity index (χ2n) is 5.46. The summed E-state index contributed by atoms with van der Waals surface area (Å²) in [5.74, 6) is -0.911. The van der Waals surface area contributed by atoms with Crippen LogP contribution in [0.25, 0.3) is 0 Å². The van der Waals surface area contributed by atoms with Gasteiger partial charge >= 0.3 is 6.18 Å². The van der Waals surface area contributed by atoms with Crippen LogP contribution in [0.3, 0.4) is 0 Å². The maximum atomic E-state index is 13.2. The lowest BCUT2D eigenvalue weighted by molar-refractivity contribution is -0.141. The van der Waals surface area contributed by atoms with Crippen LogP contribution < -0.4 is 5.32 Å². The average Bonchev–Trinajstić information content (AvgIpc) is 3.25. The van der Waals surface area contributed by atoms with Crippen molar-refractivity contribution in [2.75, 3.05) is 0 Å². The molecule has 0 aliphatic rings. The van der Waals surface area contributed by atoms with Crippen LogP contribution in [-0.2, 0) is 17.5 Å². The van der Waals surface area contributed by atoms with Gasteiger partial charge in [0.05, 0.1) is 6.04 Å². The van der Waals surface area contributed by atoms with Gasteiger partial charge in [-0.05, 0) is 35.2 Å². The number of halogens is 4. The molecule has 0 saturated carbocycles. The Balaban J connectivity index is 1.75. The Morgan fingerprint density at radius 3 is 2.50 bits per heavy atom. The number of rotatable bonds is 5. The molecule has 26 heavy (non-hydrogen) atoms. The second kappa shape index (κ2) is 7.28. The summed E-state index contributed by atoms with van der Waals surface area (Å²) in [4.78, 5) is 13.1. The summed E-state index contributed by atoms with van der Waals surface area (Å²) < 4.78 is 51.8. The molecule has 4 nitrogen and oxygen atoms in total. The minimum Gasteiger partial charge on any atom is -0.343 e. The van der Waals surface area contributed by atoms with Gasteiger partial charge in [-0.2, -0.15) is 18.3 Å². The first kappa shape index (κ1) is 18.1. The number of hydrogen-bond acceptors (Lipinski definition) is 3. The highest BCUT2D eigenvalue weighted by Crippen LogP contribution is 2.28. The largest absolute Gasteiger partial charge is 0.435 e. The van der Waals surface area contributed by atoms with Crippen LogP contribution in [0.2, 0.25) is 0 Å². The first-order valence-electron chi connectivity index (χ1n) is 7.52. The monoisotopic (exact) mass is 383 g/mol. The zero-order valence-corrected chi connectivity index (χ0v) is 14.0. The average molecular weight is 383 g/mol. The summed E-state index contributed by atoms with van der Waals surface area (Å²) in [6, 6.07) is 9.58.